The molecule has 6 heteroatoms. The first-order valence-corrected chi connectivity index (χ1v) is 6.55. The summed E-state index contributed by atoms with van der Waals surface area (Å²) < 4.78 is 5.08. The number of benzene rings is 1. The Morgan fingerprint density at radius 3 is 2.52 bits per heavy atom. The van der Waals surface area contributed by atoms with Gasteiger partial charge in [-0.25, -0.2) is 4.99 Å². The van der Waals surface area contributed by atoms with Crippen LogP contribution in [-0.4, -0.2) is 19.1 Å². The molecule has 21 heavy (non-hydrogen) atoms. The summed E-state index contributed by atoms with van der Waals surface area (Å²) >= 11 is 6.04. The zero-order valence-corrected chi connectivity index (χ0v) is 15.7. The predicted octanol–water partition coefficient (Wildman–Crippen LogP) is 3.74. The molecule has 3 N–H and O–H groups in total. The van der Waals surface area contributed by atoms with Gasteiger partial charge in [0.25, 0.3) is 0 Å². The number of hydrogen-bond donors (Lipinski definition) is 2. The van der Waals surface area contributed by atoms with E-state index in [2.05, 4.69) is 16.2 Å². The van der Waals surface area contributed by atoms with Crippen LogP contribution in [0.1, 0.15) is 20.8 Å². The highest BCUT2D eigenvalue weighted by Crippen LogP contribution is 2.27. The first kappa shape index (κ1) is 19.9. The van der Waals surface area contributed by atoms with Crippen LogP contribution in [0.25, 0.3) is 0 Å². The average molecular weight is 422 g/mol. The van der Waals surface area contributed by atoms with Crippen molar-refractivity contribution in [3.05, 3.63) is 23.2 Å². The number of ether oxygens (including phenoxy) is 1. The van der Waals surface area contributed by atoms with Gasteiger partial charge in [0.2, 0.25) is 0 Å². The molecule has 0 aliphatic carbocycles. The monoisotopic (exact) mass is 421 g/mol. The molecule has 0 spiro atoms. The molecule has 0 aliphatic heterocycles. The predicted molar refractivity (Wildman–Crippen MR) is 101 cm³/mol. The molecule has 4 nitrogen and oxygen atoms in total. The summed E-state index contributed by atoms with van der Waals surface area (Å²) in [5, 5.41) is 3.46. The standard InChI is InChI=1S/C15H20ClN3O.HI/c1-6-13(15(2,3)4)19-14(17)18-10-7-8-12(20-5)11(16)9-10;/h1,7-9,13H,2-5H3,(H3,17,18,19);1H. The van der Waals surface area contributed by atoms with Crippen LogP contribution in [0.2, 0.25) is 5.02 Å². The maximum atomic E-state index is 6.04. The number of hydrogen-bond acceptors (Lipinski definition) is 2. The molecule has 1 atom stereocenters. The van der Waals surface area contributed by atoms with Crippen LogP contribution in [0, 0.1) is 17.8 Å². The number of nitrogens with zero attached hydrogens (tertiary/aromatic N) is 1. The fourth-order valence-corrected chi connectivity index (χ4v) is 1.80. The van der Waals surface area contributed by atoms with Crippen molar-refractivity contribution in [2.24, 2.45) is 16.1 Å². The Hall–Kier alpha value is -1.13. The van der Waals surface area contributed by atoms with E-state index in [0.717, 1.165) is 5.69 Å². The van der Waals surface area contributed by atoms with Gasteiger partial charge in [-0.2, -0.15) is 0 Å². The zero-order chi connectivity index (χ0) is 15.3. The van der Waals surface area contributed by atoms with Gasteiger partial charge in [-0.05, 0) is 23.6 Å². The van der Waals surface area contributed by atoms with E-state index < -0.39 is 0 Å². The number of halogens is 2. The fraction of sp³-hybridized carbons (Fsp3) is 0.400. The van der Waals surface area contributed by atoms with E-state index >= 15 is 0 Å². The highest BCUT2D eigenvalue weighted by molar-refractivity contribution is 14.0. The number of methoxy groups -OCH3 is 1. The van der Waals surface area contributed by atoms with Gasteiger partial charge < -0.3 is 15.8 Å². The minimum Gasteiger partial charge on any atom is -0.495 e. The molecule has 0 bridgehead atoms. The van der Waals surface area contributed by atoms with Crippen molar-refractivity contribution in [1.29, 1.82) is 0 Å². The minimum atomic E-state index is -0.302. The largest absolute Gasteiger partial charge is 0.495 e. The van der Waals surface area contributed by atoms with Crippen LogP contribution in [0.5, 0.6) is 5.75 Å². The van der Waals surface area contributed by atoms with Crippen molar-refractivity contribution in [3.63, 3.8) is 0 Å². The molecule has 0 amide bonds. The number of nitrogens with one attached hydrogen (secondary N) is 1. The Balaban J connectivity index is 0.00000400. The third kappa shape index (κ3) is 6.02. The first-order chi connectivity index (χ1) is 9.27. The number of anilines is 1. The second-order valence-corrected chi connectivity index (χ2v) is 5.83. The Bertz CT molecular complexity index is 547. The summed E-state index contributed by atoms with van der Waals surface area (Å²) in [5.74, 6) is 3.49. The first-order valence-electron chi connectivity index (χ1n) is 6.18. The molecule has 1 unspecified atom stereocenters. The van der Waals surface area contributed by atoms with Crippen molar-refractivity contribution >= 4 is 47.2 Å². The lowest BCUT2D eigenvalue weighted by Crippen LogP contribution is -2.30. The van der Waals surface area contributed by atoms with Crippen LogP contribution in [0.15, 0.2) is 23.2 Å². The van der Waals surface area contributed by atoms with Crippen molar-refractivity contribution in [2.75, 3.05) is 12.4 Å². The average Bonchev–Trinajstić information content (AvgIpc) is 2.34. The van der Waals surface area contributed by atoms with Gasteiger partial charge in [0.1, 0.15) is 11.8 Å². The van der Waals surface area contributed by atoms with Crippen molar-refractivity contribution < 1.29 is 4.74 Å². The lowest BCUT2D eigenvalue weighted by molar-refractivity contribution is 0.376. The Morgan fingerprint density at radius 2 is 2.10 bits per heavy atom. The van der Waals surface area contributed by atoms with Crippen LogP contribution < -0.4 is 15.8 Å². The van der Waals surface area contributed by atoms with E-state index in [1.807, 2.05) is 20.8 Å². The van der Waals surface area contributed by atoms with Crippen molar-refractivity contribution in [2.45, 2.75) is 26.8 Å². The van der Waals surface area contributed by atoms with Crippen molar-refractivity contribution in [3.8, 4) is 18.1 Å². The summed E-state index contributed by atoms with van der Waals surface area (Å²) in [5.41, 5.74) is 6.44. The Kier molecular flexibility index (Phi) is 7.90. The van der Waals surface area contributed by atoms with Gasteiger partial charge in [0.15, 0.2) is 5.96 Å². The molecular weight excluding hydrogens is 401 g/mol. The molecular formula is C15H21ClIN3O. The van der Waals surface area contributed by atoms with Gasteiger partial charge in [0, 0.05) is 5.69 Å². The summed E-state index contributed by atoms with van der Waals surface area (Å²) in [7, 11) is 1.56. The molecule has 1 rings (SSSR count). The molecule has 0 heterocycles. The zero-order valence-electron chi connectivity index (χ0n) is 12.6. The Labute approximate surface area is 148 Å². The number of nitrogens with two attached hydrogens (primary N) is 1. The SMILES string of the molecule is C#CC(N=C(N)Nc1ccc(OC)c(Cl)c1)C(C)(C)C.I. The number of guanidine groups is 1. The van der Waals surface area contributed by atoms with E-state index in [1.165, 1.54) is 0 Å². The summed E-state index contributed by atoms with van der Waals surface area (Å²) in [4.78, 5) is 4.31. The van der Waals surface area contributed by atoms with Crippen LogP contribution >= 0.6 is 35.6 Å². The van der Waals surface area contributed by atoms with Crippen molar-refractivity contribution in [1.82, 2.24) is 0 Å². The molecule has 0 saturated heterocycles. The second-order valence-electron chi connectivity index (χ2n) is 5.42. The molecule has 1 aromatic rings. The molecule has 1 aromatic carbocycles. The van der Waals surface area contributed by atoms with Crippen LogP contribution in [0.3, 0.4) is 0 Å². The van der Waals surface area contributed by atoms with Crippen LogP contribution in [-0.2, 0) is 0 Å². The smallest absolute Gasteiger partial charge is 0.194 e. The maximum absolute atomic E-state index is 6.04. The van der Waals surface area contributed by atoms with E-state index in [4.69, 9.17) is 28.5 Å². The van der Waals surface area contributed by atoms with Gasteiger partial charge in [0.05, 0.1) is 12.1 Å². The summed E-state index contributed by atoms with van der Waals surface area (Å²) in [6, 6.07) is 4.96. The van der Waals surface area contributed by atoms with E-state index in [1.54, 1.807) is 25.3 Å². The fourth-order valence-electron chi connectivity index (χ4n) is 1.54. The normalized spacial score (nSPS) is 12.9. The van der Waals surface area contributed by atoms with Gasteiger partial charge in [-0.15, -0.1) is 30.4 Å². The quantitative estimate of drug-likeness (QED) is 0.338. The minimum absolute atomic E-state index is 0. The topological polar surface area (TPSA) is 59.6 Å². The second kappa shape index (κ2) is 8.35. The third-order valence-electron chi connectivity index (χ3n) is 2.67. The van der Waals surface area contributed by atoms with Gasteiger partial charge >= 0.3 is 0 Å². The van der Waals surface area contributed by atoms with Gasteiger partial charge in [-0.3, -0.25) is 0 Å². The molecule has 0 radical (unpaired) electrons. The number of terminal acetylenes is 1. The molecule has 0 saturated carbocycles. The number of rotatable bonds is 3. The summed E-state index contributed by atoms with van der Waals surface area (Å²) in [6.45, 7) is 6.04. The maximum Gasteiger partial charge on any atom is 0.194 e. The molecule has 0 aromatic heterocycles. The number of aliphatic imine (C=N–C) groups is 1. The van der Waals surface area contributed by atoms with E-state index in [9.17, 15) is 0 Å². The van der Waals surface area contributed by atoms with Gasteiger partial charge in [-0.1, -0.05) is 38.3 Å². The van der Waals surface area contributed by atoms with Crippen LogP contribution in [0.4, 0.5) is 5.69 Å². The molecule has 0 fully saturated rings. The molecule has 116 valence electrons. The van der Waals surface area contributed by atoms with E-state index in [-0.39, 0.29) is 41.4 Å². The third-order valence-corrected chi connectivity index (χ3v) is 2.97. The lowest BCUT2D eigenvalue weighted by Gasteiger charge is -2.23. The molecule has 0 aliphatic rings. The lowest BCUT2D eigenvalue weighted by atomic mass is 9.88. The Morgan fingerprint density at radius 1 is 1.48 bits per heavy atom. The van der Waals surface area contributed by atoms with E-state index in [0.29, 0.717) is 10.8 Å². The highest BCUT2D eigenvalue weighted by atomic mass is 127. The summed E-state index contributed by atoms with van der Waals surface area (Å²) in [6.07, 6.45) is 5.48. The highest BCUT2D eigenvalue weighted by Gasteiger charge is 2.22.